The first-order valence-electron chi connectivity index (χ1n) is 10.1. The second kappa shape index (κ2) is 13.1. The van der Waals surface area contributed by atoms with Crippen LogP contribution in [0.25, 0.3) is 0 Å². The molecule has 31 heavy (non-hydrogen) atoms. The van der Waals surface area contributed by atoms with Crippen molar-refractivity contribution in [2.24, 2.45) is 5.92 Å². The lowest BCUT2D eigenvalue weighted by Crippen LogP contribution is -2.50. The summed E-state index contributed by atoms with van der Waals surface area (Å²) in [5.74, 6) is -1.82. The number of hydrogen-bond acceptors (Lipinski definition) is 5. The fraction of sp³-hybridized carbons (Fsp3) is 0.550. The molecular formula is C20H32N3O7P. The number of aliphatic carboxylic acids is 1. The van der Waals surface area contributed by atoms with Gasteiger partial charge in [0, 0.05) is 0 Å². The maximum absolute atomic E-state index is 12.5. The van der Waals surface area contributed by atoms with E-state index in [0.717, 1.165) is 5.56 Å². The Bertz CT molecular complexity index is 773. The average Bonchev–Trinajstić information content (AvgIpc) is 2.70. The largest absolute Gasteiger partial charge is 0.480 e. The zero-order chi connectivity index (χ0) is 23.4. The maximum Gasteiger partial charge on any atom is 0.407 e. The van der Waals surface area contributed by atoms with Crippen LogP contribution in [0.15, 0.2) is 30.3 Å². The summed E-state index contributed by atoms with van der Waals surface area (Å²) in [5, 5.41) is 16.3. The molecule has 0 aliphatic carbocycles. The minimum Gasteiger partial charge on any atom is -0.480 e. The average molecular weight is 457 g/mol. The Kier molecular flexibility index (Phi) is 11.2. The lowest BCUT2D eigenvalue weighted by Gasteiger charge is -2.24. The van der Waals surface area contributed by atoms with Gasteiger partial charge < -0.3 is 25.4 Å². The highest BCUT2D eigenvalue weighted by Gasteiger charge is 2.30. The zero-order valence-electron chi connectivity index (χ0n) is 18.0. The Hall–Kier alpha value is -2.42. The van der Waals surface area contributed by atoms with Crippen LogP contribution in [0.4, 0.5) is 4.79 Å². The summed E-state index contributed by atoms with van der Waals surface area (Å²) in [7, 11) is -4.15. The highest BCUT2D eigenvalue weighted by atomic mass is 31.2. The van der Waals surface area contributed by atoms with Crippen LogP contribution in [0.1, 0.15) is 45.6 Å². The molecule has 1 aromatic carbocycles. The molecule has 0 spiro atoms. The Morgan fingerprint density at radius 2 is 1.77 bits per heavy atom. The Balaban J connectivity index is 2.61. The van der Waals surface area contributed by atoms with E-state index >= 15 is 0 Å². The number of carbonyl (C=O) groups is 3. The molecule has 11 heteroatoms. The van der Waals surface area contributed by atoms with Crippen LogP contribution >= 0.6 is 7.52 Å². The van der Waals surface area contributed by atoms with Gasteiger partial charge in [-0.3, -0.25) is 9.36 Å². The van der Waals surface area contributed by atoms with Gasteiger partial charge in [-0.15, -0.1) is 0 Å². The maximum atomic E-state index is 12.5. The molecule has 1 unspecified atom stereocenters. The molecule has 0 heterocycles. The van der Waals surface area contributed by atoms with Crippen molar-refractivity contribution in [3.05, 3.63) is 35.9 Å². The van der Waals surface area contributed by atoms with E-state index < -0.39 is 43.9 Å². The van der Waals surface area contributed by atoms with Crippen molar-refractivity contribution in [2.45, 2.75) is 58.7 Å². The number of rotatable bonds is 13. The van der Waals surface area contributed by atoms with Crippen molar-refractivity contribution in [2.75, 3.05) is 6.29 Å². The van der Waals surface area contributed by atoms with E-state index in [1.54, 1.807) is 31.2 Å². The summed E-state index contributed by atoms with van der Waals surface area (Å²) in [6, 6.07) is 6.75. The number of benzene rings is 1. The molecular weight excluding hydrogens is 425 g/mol. The molecule has 0 fully saturated rings. The molecule has 1 rings (SSSR count). The number of hydrogen-bond donors (Lipinski definition) is 5. The van der Waals surface area contributed by atoms with Crippen molar-refractivity contribution in [3.63, 3.8) is 0 Å². The fourth-order valence-corrected chi connectivity index (χ4v) is 3.91. The first-order valence-corrected chi connectivity index (χ1v) is 12.0. The number of ether oxygens (including phenoxy) is 1. The molecule has 174 valence electrons. The third-order valence-corrected chi connectivity index (χ3v) is 5.53. The molecule has 1 aromatic rings. The van der Waals surface area contributed by atoms with Crippen LogP contribution in [0.5, 0.6) is 0 Å². The van der Waals surface area contributed by atoms with E-state index in [2.05, 4.69) is 15.7 Å². The van der Waals surface area contributed by atoms with Crippen molar-refractivity contribution in [3.8, 4) is 0 Å². The van der Waals surface area contributed by atoms with E-state index in [1.807, 2.05) is 19.9 Å². The third kappa shape index (κ3) is 11.0. The summed E-state index contributed by atoms with van der Waals surface area (Å²) in [5.41, 5.74) is 0.761. The van der Waals surface area contributed by atoms with Gasteiger partial charge in [-0.25, -0.2) is 14.7 Å². The minimum absolute atomic E-state index is 0.00310. The number of alkyl carbamates (subject to hydrolysis) is 1. The predicted molar refractivity (Wildman–Crippen MR) is 115 cm³/mol. The van der Waals surface area contributed by atoms with E-state index in [-0.39, 0.29) is 25.4 Å². The van der Waals surface area contributed by atoms with Crippen LogP contribution in [-0.2, 0) is 25.5 Å². The molecule has 0 aliphatic rings. The summed E-state index contributed by atoms with van der Waals surface area (Å²) in [4.78, 5) is 45.9. The monoisotopic (exact) mass is 457 g/mol. The van der Waals surface area contributed by atoms with Crippen molar-refractivity contribution < 1.29 is 33.7 Å². The number of carbonyl (C=O) groups excluding carboxylic acids is 2. The topological polar surface area (TPSA) is 154 Å². The molecule has 0 saturated heterocycles. The number of carboxylic acid groups (broad SMARTS) is 1. The van der Waals surface area contributed by atoms with Crippen LogP contribution in [0, 0.1) is 5.92 Å². The molecule has 10 nitrogen and oxygen atoms in total. The van der Waals surface area contributed by atoms with Crippen molar-refractivity contribution in [1.29, 1.82) is 0 Å². The second-order valence-corrected chi connectivity index (χ2v) is 9.58. The quantitative estimate of drug-likeness (QED) is 0.283. The minimum atomic E-state index is -4.15. The van der Waals surface area contributed by atoms with Gasteiger partial charge in [-0.05, 0) is 24.3 Å². The number of nitrogens with one attached hydrogen (secondary N) is 3. The molecule has 0 aliphatic heterocycles. The van der Waals surface area contributed by atoms with E-state index in [9.17, 15) is 28.9 Å². The first-order chi connectivity index (χ1) is 14.5. The normalized spacial score (nSPS) is 14.9. The third-order valence-electron chi connectivity index (χ3n) is 4.22. The van der Waals surface area contributed by atoms with Crippen LogP contribution in [-0.4, -0.2) is 46.3 Å². The fourth-order valence-electron chi connectivity index (χ4n) is 2.74. The Labute approximate surface area is 182 Å². The zero-order valence-corrected chi connectivity index (χ0v) is 18.9. The van der Waals surface area contributed by atoms with Gasteiger partial charge in [0.05, 0.1) is 6.04 Å². The van der Waals surface area contributed by atoms with Crippen LogP contribution in [0.2, 0.25) is 0 Å². The molecule has 0 aromatic heterocycles. The number of carboxylic acids is 1. The molecule has 5 N–H and O–H groups in total. The van der Waals surface area contributed by atoms with Gasteiger partial charge in [0.2, 0.25) is 5.91 Å². The van der Waals surface area contributed by atoms with Crippen molar-refractivity contribution in [1.82, 2.24) is 15.7 Å². The summed E-state index contributed by atoms with van der Waals surface area (Å²) in [6.45, 7) is 5.44. The van der Waals surface area contributed by atoms with E-state index in [4.69, 9.17) is 4.74 Å². The smallest absolute Gasteiger partial charge is 0.407 e. The molecule has 0 saturated carbocycles. The van der Waals surface area contributed by atoms with E-state index in [1.165, 1.54) is 0 Å². The van der Waals surface area contributed by atoms with Gasteiger partial charge in [0.15, 0.2) is 0 Å². The summed E-state index contributed by atoms with van der Waals surface area (Å²) >= 11 is 0. The Morgan fingerprint density at radius 3 is 2.32 bits per heavy atom. The molecule has 0 radical (unpaired) electrons. The second-order valence-electron chi connectivity index (χ2n) is 7.60. The standard InChI is InChI=1S/C20H32N3O7P/c1-4-8-16(18(24)22-17(19(25)26)11-14(2)3)23-31(28,29)13-21-20(27)30-12-15-9-6-5-7-10-15/h5-7,9-10,14,16-17H,4,8,11-13H2,1-3H3,(H,21,27)(H,22,24)(H,25,26)(H2,23,28,29)/t16-,17-/m0/s1. The number of amides is 2. The van der Waals surface area contributed by atoms with Gasteiger partial charge >= 0.3 is 12.1 Å². The highest BCUT2D eigenvalue weighted by Crippen LogP contribution is 2.35. The van der Waals surface area contributed by atoms with Gasteiger partial charge in [-0.1, -0.05) is 57.5 Å². The van der Waals surface area contributed by atoms with Crippen LogP contribution < -0.4 is 15.7 Å². The molecule has 0 bridgehead atoms. The lowest BCUT2D eigenvalue weighted by atomic mass is 10.0. The summed E-state index contributed by atoms with van der Waals surface area (Å²) in [6.07, 6.45) is -0.574. The highest BCUT2D eigenvalue weighted by molar-refractivity contribution is 7.55. The Morgan fingerprint density at radius 1 is 1.13 bits per heavy atom. The van der Waals surface area contributed by atoms with Crippen LogP contribution in [0.3, 0.4) is 0 Å². The first kappa shape index (κ1) is 26.6. The van der Waals surface area contributed by atoms with E-state index in [0.29, 0.717) is 6.42 Å². The molecule has 2 amide bonds. The SMILES string of the molecule is CCC[C@H](NP(=O)(O)CNC(=O)OCc1ccccc1)C(=O)N[C@@H](CC(C)C)C(=O)O. The summed E-state index contributed by atoms with van der Waals surface area (Å²) < 4.78 is 17.4. The van der Waals surface area contributed by atoms with Gasteiger partial charge in [0.1, 0.15) is 18.9 Å². The van der Waals surface area contributed by atoms with Crippen molar-refractivity contribution >= 4 is 25.5 Å². The predicted octanol–water partition coefficient (Wildman–Crippen LogP) is 2.43. The lowest BCUT2D eigenvalue weighted by molar-refractivity contribution is -0.142. The molecule has 3 atom stereocenters. The van der Waals surface area contributed by atoms with Gasteiger partial charge in [-0.2, -0.15) is 0 Å². The van der Waals surface area contributed by atoms with Gasteiger partial charge in [0.25, 0.3) is 7.52 Å².